The fraction of sp³-hybridized carbons (Fsp3) is 0.300. The van der Waals surface area contributed by atoms with Crippen LogP contribution in [0.4, 0.5) is 0 Å². The van der Waals surface area contributed by atoms with E-state index in [-0.39, 0.29) is 18.0 Å². The van der Waals surface area contributed by atoms with Gasteiger partial charge in [0.15, 0.2) is 0 Å². The van der Waals surface area contributed by atoms with Crippen LogP contribution in [0.3, 0.4) is 0 Å². The normalized spacial score (nSPS) is 10.4. The van der Waals surface area contributed by atoms with Crippen LogP contribution in [0.15, 0.2) is 17.6 Å². The number of rotatable bonds is 3. The molecule has 1 aromatic rings. The number of hydrogen-bond donors (Lipinski definition) is 1. The van der Waals surface area contributed by atoms with Gasteiger partial charge in [-0.05, 0) is 0 Å². The molecule has 0 amide bonds. The number of sulfone groups is 1. The highest BCUT2D eigenvalue weighted by atomic mass is 32.2. The van der Waals surface area contributed by atoms with Gasteiger partial charge in [-0.25, -0.2) is 18.4 Å². The first-order valence-corrected chi connectivity index (χ1v) is 6.51. The van der Waals surface area contributed by atoms with E-state index in [1.807, 2.05) is 0 Å². The van der Waals surface area contributed by atoms with Crippen molar-refractivity contribution in [2.24, 2.45) is 0 Å². The third-order valence-corrected chi connectivity index (χ3v) is 2.53. The van der Waals surface area contributed by atoms with Crippen LogP contribution >= 0.6 is 0 Å². The summed E-state index contributed by atoms with van der Waals surface area (Å²) in [4.78, 5) is 17.5. The molecule has 1 aromatic heterocycles. The Morgan fingerprint density at radius 1 is 1.41 bits per heavy atom. The van der Waals surface area contributed by atoms with Crippen molar-refractivity contribution < 1.29 is 18.3 Å². The first kappa shape index (κ1) is 13.1. The molecule has 0 fully saturated rings. The lowest BCUT2D eigenvalue weighted by Gasteiger charge is -1.94. The molecule has 1 N–H and O–H groups in total. The molecule has 0 spiro atoms. The van der Waals surface area contributed by atoms with Crippen LogP contribution in [-0.2, 0) is 14.6 Å². The zero-order valence-electron chi connectivity index (χ0n) is 9.04. The number of carboxylic acids is 1. The minimum absolute atomic E-state index is 0.0325. The monoisotopic (exact) mass is 254 g/mol. The smallest absolute Gasteiger partial charge is 0.304 e. The highest BCUT2D eigenvalue weighted by Crippen LogP contribution is 2.00. The van der Waals surface area contributed by atoms with Crippen LogP contribution in [0.25, 0.3) is 0 Å². The van der Waals surface area contributed by atoms with Crippen molar-refractivity contribution in [1.29, 1.82) is 0 Å². The molecular weight excluding hydrogens is 244 g/mol. The van der Waals surface area contributed by atoms with Gasteiger partial charge in [0.05, 0.1) is 12.0 Å². The summed E-state index contributed by atoms with van der Waals surface area (Å²) in [6.45, 7) is 0. The molecule has 6 nitrogen and oxygen atoms in total. The summed E-state index contributed by atoms with van der Waals surface area (Å²) in [5, 5.41) is 8.12. The predicted octanol–water partition coefficient (Wildman–Crippen LogP) is 0.0964. The standard InChI is InChI=1S/C10H10N2O4S/c1-17(15,16)10-11-6-8(7-12-10)4-2-3-5-9(13)14/h6-7H,3,5H2,1H3,(H,13,14). The van der Waals surface area contributed by atoms with E-state index in [4.69, 9.17) is 5.11 Å². The third-order valence-electron chi connectivity index (χ3n) is 1.66. The van der Waals surface area contributed by atoms with Gasteiger partial charge in [0, 0.05) is 25.1 Å². The number of carboxylic acid groups (broad SMARTS) is 1. The molecule has 0 saturated carbocycles. The first-order valence-electron chi connectivity index (χ1n) is 4.62. The van der Waals surface area contributed by atoms with E-state index in [1.165, 1.54) is 12.4 Å². The molecule has 0 saturated heterocycles. The maximum absolute atomic E-state index is 11.1. The summed E-state index contributed by atoms with van der Waals surface area (Å²) in [6.07, 6.45) is 3.79. The average Bonchev–Trinajstić information content (AvgIpc) is 2.23. The van der Waals surface area contributed by atoms with Crippen molar-refractivity contribution in [1.82, 2.24) is 9.97 Å². The maximum Gasteiger partial charge on any atom is 0.304 e. The maximum atomic E-state index is 11.1. The lowest BCUT2D eigenvalue weighted by Crippen LogP contribution is -2.03. The Labute approximate surface area is 98.6 Å². The van der Waals surface area contributed by atoms with E-state index >= 15 is 0 Å². The van der Waals surface area contributed by atoms with Gasteiger partial charge < -0.3 is 5.11 Å². The molecule has 1 heterocycles. The van der Waals surface area contributed by atoms with Crippen molar-refractivity contribution in [2.75, 3.05) is 6.26 Å². The Kier molecular flexibility index (Phi) is 4.17. The van der Waals surface area contributed by atoms with Crippen LogP contribution in [0.1, 0.15) is 18.4 Å². The largest absolute Gasteiger partial charge is 0.481 e. The molecule has 17 heavy (non-hydrogen) atoms. The van der Waals surface area contributed by atoms with Gasteiger partial charge >= 0.3 is 5.97 Å². The molecule has 0 aliphatic heterocycles. The van der Waals surface area contributed by atoms with Crippen LogP contribution in [0.2, 0.25) is 0 Å². The van der Waals surface area contributed by atoms with Crippen molar-refractivity contribution in [2.45, 2.75) is 18.0 Å². The Morgan fingerprint density at radius 3 is 2.47 bits per heavy atom. The minimum atomic E-state index is -3.40. The Bertz CT molecular complexity index is 567. The van der Waals surface area contributed by atoms with Crippen LogP contribution in [0.5, 0.6) is 0 Å². The summed E-state index contributed by atoms with van der Waals surface area (Å²) in [5.41, 5.74) is 0.447. The fourth-order valence-corrected chi connectivity index (χ4v) is 1.39. The van der Waals surface area contributed by atoms with E-state index in [0.29, 0.717) is 5.56 Å². The predicted molar refractivity (Wildman–Crippen MR) is 58.9 cm³/mol. The number of aromatic nitrogens is 2. The molecule has 1 rings (SSSR count). The number of nitrogens with zero attached hydrogens (tertiary/aromatic N) is 2. The van der Waals surface area contributed by atoms with Crippen LogP contribution < -0.4 is 0 Å². The second-order valence-corrected chi connectivity index (χ2v) is 5.13. The summed E-state index contributed by atoms with van der Waals surface area (Å²) >= 11 is 0. The zero-order valence-corrected chi connectivity index (χ0v) is 9.86. The molecule has 0 aliphatic carbocycles. The minimum Gasteiger partial charge on any atom is -0.481 e. The van der Waals surface area contributed by atoms with Gasteiger partial charge in [0.25, 0.3) is 0 Å². The topological polar surface area (TPSA) is 97.2 Å². The average molecular weight is 254 g/mol. The van der Waals surface area contributed by atoms with E-state index in [9.17, 15) is 13.2 Å². The second-order valence-electron chi connectivity index (χ2n) is 3.22. The highest BCUT2D eigenvalue weighted by molar-refractivity contribution is 7.90. The molecule has 0 aliphatic rings. The zero-order chi connectivity index (χ0) is 12.9. The summed E-state index contributed by atoms with van der Waals surface area (Å²) in [5.74, 6) is 4.36. The van der Waals surface area contributed by atoms with Crippen molar-refractivity contribution in [3.63, 3.8) is 0 Å². The summed E-state index contributed by atoms with van der Waals surface area (Å²) in [6, 6.07) is 0. The van der Waals surface area contributed by atoms with Gasteiger partial charge in [-0.2, -0.15) is 0 Å². The second kappa shape index (κ2) is 5.41. The number of hydrogen-bond acceptors (Lipinski definition) is 5. The van der Waals surface area contributed by atoms with Crippen LogP contribution in [0, 0.1) is 11.8 Å². The molecule has 0 atom stereocenters. The fourth-order valence-electron chi connectivity index (χ4n) is 0.906. The van der Waals surface area contributed by atoms with E-state index in [0.717, 1.165) is 6.26 Å². The van der Waals surface area contributed by atoms with E-state index in [2.05, 4.69) is 21.8 Å². The number of carbonyl (C=O) groups is 1. The summed E-state index contributed by atoms with van der Waals surface area (Å²) < 4.78 is 22.1. The van der Waals surface area contributed by atoms with Crippen molar-refractivity contribution >= 4 is 15.8 Å². The Balaban J connectivity index is 2.72. The Morgan fingerprint density at radius 2 is 2.00 bits per heavy atom. The lowest BCUT2D eigenvalue weighted by atomic mass is 10.3. The van der Waals surface area contributed by atoms with Crippen molar-refractivity contribution in [3.05, 3.63) is 18.0 Å². The molecule has 0 radical (unpaired) electrons. The lowest BCUT2D eigenvalue weighted by molar-refractivity contribution is -0.136. The first-order chi connectivity index (χ1) is 7.89. The van der Waals surface area contributed by atoms with Crippen LogP contribution in [-0.4, -0.2) is 35.7 Å². The van der Waals surface area contributed by atoms with Gasteiger partial charge in [-0.1, -0.05) is 11.8 Å². The van der Waals surface area contributed by atoms with Gasteiger partial charge in [-0.3, -0.25) is 4.79 Å². The van der Waals surface area contributed by atoms with E-state index in [1.54, 1.807) is 0 Å². The molecule has 0 aromatic carbocycles. The summed E-state index contributed by atoms with van der Waals surface area (Å²) in [7, 11) is -3.40. The third kappa shape index (κ3) is 4.61. The van der Waals surface area contributed by atoms with Crippen molar-refractivity contribution in [3.8, 4) is 11.8 Å². The van der Waals surface area contributed by atoms with Gasteiger partial charge in [0.2, 0.25) is 15.0 Å². The highest BCUT2D eigenvalue weighted by Gasteiger charge is 2.09. The molecule has 0 bridgehead atoms. The Hall–Kier alpha value is -1.94. The van der Waals surface area contributed by atoms with Gasteiger partial charge in [0.1, 0.15) is 0 Å². The SMILES string of the molecule is CS(=O)(=O)c1ncc(C#CCCC(=O)O)cn1. The van der Waals surface area contributed by atoms with Gasteiger partial charge in [-0.15, -0.1) is 0 Å². The van der Waals surface area contributed by atoms with E-state index < -0.39 is 15.8 Å². The molecule has 7 heteroatoms. The molecule has 90 valence electrons. The quantitative estimate of drug-likeness (QED) is 0.606. The molecule has 0 unspecified atom stereocenters. The number of aliphatic carboxylic acids is 1. The molecular formula is C10H10N2O4S.